The van der Waals surface area contributed by atoms with Gasteiger partial charge >= 0.3 is 0 Å². The van der Waals surface area contributed by atoms with E-state index in [0.29, 0.717) is 5.92 Å². The molecule has 0 aliphatic carbocycles. The fourth-order valence-corrected chi connectivity index (χ4v) is 2.42. The summed E-state index contributed by atoms with van der Waals surface area (Å²) in [6.07, 6.45) is 0.457. The second-order valence-electron chi connectivity index (χ2n) is 5.61. The van der Waals surface area contributed by atoms with Gasteiger partial charge in [-0.3, -0.25) is 0 Å². The van der Waals surface area contributed by atoms with Crippen molar-refractivity contribution in [2.24, 2.45) is 11.7 Å². The molecule has 0 spiro atoms. The van der Waals surface area contributed by atoms with Gasteiger partial charge < -0.3 is 15.6 Å². The maximum atomic E-state index is 9.54. The Labute approximate surface area is 120 Å². The second kappa shape index (κ2) is 6.73. The molecule has 0 heterocycles. The van der Waals surface area contributed by atoms with Crippen molar-refractivity contribution in [3.63, 3.8) is 0 Å². The van der Waals surface area contributed by atoms with E-state index >= 15 is 0 Å². The number of fused-ring (bicyclic) bond motifs is 1. The Balaban J connectivity index is 2.21. The van der Waals surface area contributed by atoms with Crippen LogP contribution in [0.25, 0.3) is 10.8 Å². The number of aliphatic hydroxyl groups excluding tert-OH is 1. The van der Waals surface area contributed by atoms with Crippen LogP contribution < -0.4 is 10.5 Å². The molecule has 2 aromatic carbocycles. The van der Waals surface area contributed by atoms with E-state index < -0.39 is 0 Å². The molecule has 2 rings (SSSR count). The molecule has 0 aromatic heterocycles. The molecule has 0 saturated heterocycles. The molecule has 0 radical (unpaired) electrons. The zero-order valence-electron chi connectivity index (χ0n) is 12.1. The Kier molecular flexibility index (Phi) is 4.99. The van der Waals surface area contributed by atoms with Crippen molar-refractivity contribution in [1.82, 2.24) is 0 Å². The van der Waals surface area contributed by atoms with Crippen LogP contribution in [-0.2, 0) is 0 Å². The Morgan fingerprint density at radius 2 is 1.80 bits per heavy atom. The fraction of sp³-hybridized carbons (Fsp3) is 0.412. The lowest BCUT2D eigenvalue weighted by molar-refractivity contribution is 0.0895. The number of hydrogen-bond acceptors (Lipinski definition) is 3. The van der Waals surface area contributed by atoms with E-state index in [1.807, 2.05) is 42.5 Å². The zero-order chi connectivity index (χ0) is 14.5. The van der Waals surface area contributed by atoms with Crippen molar-refractivity contribution >= 4 is 10.8 Å². The summed E-state index contributed by atoms with van der Waals surface area (Å²) in [5.41, 5.74) is 6.14. The monoisotopic (exact) mass is 273 g/mol. The van der Waals surface area contributed by atoms with Crippen molar-refractivity contribution in [1.29, 1.82) is 0 Å². The predicted molar refractivity (Wildman–Crippen MR) is 82.9 cm³/mol. The summed E-state index contributed by atoms with van der Waals surface area (Å²) < 4.78 is 5.96. The van der Waals surface area contributed by atoms with Crippen LogP contribution in [0.4, 0.5) is 0 Å². The van der Waals surface area contributed by atoms with Crippen LogP contribution in [0.5, 0.6) is 5.75 Å². The van der Waals surface area contributed by atoms with E-state index in [-0.39, 0.29) is 18.8 Å². The van der Waals surface area contributed by atoms with E-state index in [0.717, 1.165) is 22.9 Å². The number of benzene rings is 2. The molecule has 2 unspecified atom stereocenters. The van der Waals surface area contributed by atoms with Crippen LogP contribution >= 0.6 is 0 Å². The number of nitrogens with two attached hydrogens (primary N) is 1. The highest BCUT2D eigenvalue weighted by molar-refractivity contribution is 5.88. The van der Waals surface area contributed by atoms with Gasteiger partial charge in [0.1, 0.15) is 11.9 Å². The summed E-state index contributed by atoms with van der Waals surface area (Å²) in [4.78, 5) is 0. The first-order chi connectivity index (χ1) is 9.61. The minimum Gasteiger partial charge on any atom is -0.486 e. The second-order valence-corrected chi connectivity index (χ2v) is 5.61. The molecular formula is C17H23NO2. The predicted octanol–water partition coefficient (Wildman–Crippen LogP) is 2.95. The van der Waals surface area contributed by atoms with Gasteiger partial charge in [0.15, 0.2) is 0 Å². The Hall–Kier alpha value is -1.58. The molecule has 20 heavy (non-hydrogen) atoms. The van der Waals surface area contributed by atoms with E-state index in [1.54, 1.807) is 0 Å². The molecule has 3 N–H and O–H groups in total. The van der Waals surface area contributed by atoms with Crippen molar-refractivity contribution < 1.29 is 9.84 Å². The van der Waals surface area contributed by atoms with Gasteiger partial charge in [0.25, 0.3) is 0 Å². The fourth-order valence-electron chi connectivity index (χ4n) is 2.42. The van der Waals surface area contributed by atoms with Crippen LogP contribution in [0.15, 0.2) is 42.5 Å². The van der Waals surface area contributed by atoms with Crippen LogP contribution in [0.3, 0.4) is 0 Å². The molecule has 108 valence electrons. The highest BCUT2D eigenvalue weighted by Gasteiger charge is 2.20. The molecule has 0 amide bonds. The largest absolute Gasteiger partial charge is 0.486 e. The van der Waals surface area contributed by atoms with Gasteiger partial charge in [0.2, 0.25) is 0 Å². The van der Waals surface area contributed by atoms with Crippen molar-refractivity contribution in [2.75, 3.05) is 6.61 Å². The Morgan fingerprint density at radius 1 is 1.10 bits per heavy atom. The maximum Gasteiger partial charge on any atom is 0.137 e. The minimum atomic E-state index is -0.372. The number of hydrogen-bond donors (Lipinski definition) is 2. The van der Waals surface area contributed by atoms with Crippen molar-refractivity contribution in [3.8, 4) is 5.75 Å². The standard InChI is InChI=1S/C17H23NO2/c1-12(2)10-15(18)17(11-19)20-16-9-5-7-13-6-3-4-8-14(13)16/h3-9,12,15,17,19H,10-11,18H2,1-2H3. The van der Waals surface area contributed by atoms with Crippen molar-refractivity contribution in [3.05, 3.63) is 42.5 Å². The van der Waals surface area contributed by atoms with Crippen LogP contribution in [0.1, 0.15) is 20.3 Å². The van der Waals surface area contributed by atoms with Crippen LogP contribution in [0, 0.1) is 5.92 Å². The van der Waals surface area contributed by atoms with Crippen LogP contribution in [0.2, 0.25) is 0 Å². The third kappa shape index (κ3) is 3.50. The van der Waals surface area contributed by atoms with E-state index in [2.05, 4.69) is 13.8 Å². The number of rotatable bonds is 6. The molecule has 0 saturated carbocycles. The highest BCUT2D eigenvalue weighted by Crippen LogP contribution is 2.26. The third-order valence-electron chi connectivity index (χ3n) is 3.43. The minimum absolute atomic E-state index is 0.0723. The highest BCUT2D eigenvalue weighted by atomic mass is 16.5. The topological polar surface area (TPSA) is 55.5 Å². The summed E-state index contributed by atoms with van der Waals surface area (Å²) in [7, 11) is 0. The SMILES string of the molecule is CC(C)CC(N)C(CO)Oc1cccc2ccccc12. The van der Waals surface area contributed by atoms with Gasteiger partial charge in [-0.15, -0.1) is 0 Å². The average Bonchev–Trinajstić information content (AvgIpc) is 2.44. The molecule has 2 atom stereocenters. The molecule has 2 aromatic rings. The van der Waals surface area contributed by atoms with Crippen LogP contribution in [-0.4, -0.2) is 23.9 Å². The lowest BCUT2D eigenvalue weighted by Gasteiger charge is -2.25. The molecule has 0 bridgehead atoms. The molecule has 0 aliphatic heterocycles. The molecule has 0 fully saturated rings. The normalized spacial score (nSPS) is 14.4. The van der Waals surface area contributed by atoms with E-state index in [1.165, 1.54) is 0 Å². The van der Waals surface area contributed by atoms with Gasteiger partial charge in [0, 0.05) is 11.4 Å². The molecule has 3 nitrogen and oxygen atoms in total. The summed E-state index contributed by atoms with van der Waals surface area (Å²) in [5, 5.41) is 11.7. The quantitative estimate of drug-likeness (QED) is 0.850. The average molecular weight is 273 g/mol. The summed E-state index contributed by atoms with van der Waals surface area (Å²) in [6.45, 7) is 4.16. The first kappa shape index (κ1) is 14.8. The van der Waals surface area contributed by atoms with Gasteiger partial charge in [-0.2, -0.15) is 0 Å². The number of ether oxygens (including phenoxy) is 1. The van der Waals surface area contributed by atoms with Gasteiger partial charge in [-0.25, -0.2) is 0 Å². The Bertz CT molecular complexity index is 548. The van der Waals surface area contributed by atoms with Gasteiger partial charge in [-0.1, -0.05) is 50.2 Å². The summed E-state index contributed by atoms with van der Waals surface area (Å²) in [5.74, 6) is 1.26. The lowest BCUT2D eigenvalue weighted by atomic mass is 10.00. The third-order valence-corrected chi connectivity index (χ3v) is 3.43. The first-order valence-corrected chi connectivity index (χ1v) is 7.12. The van der Waals surface area contributed by atoms with E-state index in [4.69, 9.17) is 10.5 Å². The van der Waals surface area contributed by atoms with Gasteiger partial charge in [-0.05, 0) is 23.8 Å². The summed E-state index contributed by atoms with van der Waals surface area (Å²) in [6, 6.07) is 13.8. The van der Waals surface area contributed by atoms with E-state index in [9.17, 15) is 5.11 Å². The zero-order valence-corrected chi connectivity index (χ0v) is 12.1. The maximum absolute atomic E-state index is 9.54. The molecule has 0 aliphatic rings. The number of aliphatic hydroxyl groups is 1. The van der Waals surface area contributed by atoms with Crippen molar-refractivity contribution in [2.45, 2.75) is 32.4 Å². The molecular weight excluding hydrogens is 250 g/mol. The van der Waals surface area contributed by atoms with Gasteiger partial charge in [0.05, 0.1) is 6.61 Å². The Morgan fingerprint density at radius 3 is 2.50 bits per heavy atom. The lowest BCUT2D eigenvalue weighted by Crippen LogP contribution is -2.42. The summed E-state index contributed by atoms with van der Waals surface area (Å²) >= 11 is 0. The molecule has 3 heteroatoms. The first-order valence-electron chi connectivity index (χ1n) is 7.12. The smallest absolute Gasteiger partial charge is 0.137 e.